The Hall–Kier alpha value is -3.49. The highest BCUT2D eigenvalue weighted by atomic mass is 16.6. The second kappa shape index (κ2) is 5.87. The van der Waals surface area contributed by atoms with Crippen LogP contribution < -0.4 is 0 Å². The molecule has 0 bridgehead atoms. The van der Waals surface area contributed by atoms with Crippen LogP contribution in [0.25, 0.3) is 0 Å². The molecule has 112 valence electrons. The topological polar surface area (TPSA) is 146 Å². The highest BCUT2D eigenvalue weighted by Crippen LogP contribution is 2.32. The number of hydrogen-bond donors (Lipinski definition) is 3. The Morgan fingerprint density at radius 3 is 2.45 bits per heavy atom. The number of aromatic hydroxyl groups is 2. The molecular weight excluding hydrogens is 294 g/mol. The number of rotatable bonds is 4. The zero-order valence-corrected chi connectivity index (χ0v) is 10.9. The summed E-state index contributed by atoms with van der Waals surface area (Å²) in [5.74, 6) is -1.81. The molecule has 0 aliphatic carbocycles. The summed E-state index contributed by atoms with van der Waals surface area (Å²) < 4.78 is 0. The fourth-order valence-electron chi connectivity index (χ4n) is 1.62. The van der Waals surface area contributed by atoms with Gasteiger partial charge in [0.25, 0.3) is 5.69 Å². The van der Waals surface area contributed by atoms with Crippen LogP contribution in [0.3, 0.4) is 0 Å². The van der Waals surface area contributed by atoms with Crippen molar-refractivity contribution in [3.8, 4) is 11.5 Å². The summed E-state index contributed by atoms with van der Waals surface area (Å²) in [6, 6.07) is 6.84. The Morgan fingerprint density at radius 1 is 1.09 bits per heavy atom. The summed E-state index contributed by atoms with van der Waals surface area (Å²) in [4.78, 5) is 20.9. The maximum absolute atomic E-state index is 10.9. The highest BCUT2D eigenvalue weighted by Gasteiger charge is 2.20. The smallest absolute Gasteiger partial charge is 0.342 e. The Morgan fingerprint density at radius 2 is 1.82 bits per heavy atom. The number of benzene rings is 2. The number of nitrogens with zero attached hydrogens (tertiary/aromatic N) is 3. The maximum atomic E-state index is 10.9. The largest absolute Gasteiger partial charge is 0.508 e. The van der Waals surface area contributed by atoms with Crippen molar-refractivity contribution in [2.24, 2.45) is 10.2 Å². The quantitative estimate of drug-likeness (QED) is 0.342. The molecule has 2 aromatic carbocycles. The molecule has 0 saturated carbocycles. The fourth-order valence-corrected chi connectivity index (χ4v) is 1.62. The molecule has 3 N–H and O–H groups in total. The van der Waals surface area contributed by atoms with E-state index in [2.05, 4.69) is 10.2 Å². The van der Waals surface area contributed by atoms with E-state index in [0.717, 1.165) is 18.2 Å². The van der Waals surface area contributed by atoms with Crippen molar-refractivity contribution in [1.29, 1.82) is 0 Å². The molecule has 0 fully saturated rings. The van der Waals surface area contributed by atoms with Gasteiger partial charge in [-0.1, -0.05) is 0 Å². The van der Waals surface area contributed by atoms with Gasteiger partial charge >= 0.3 is 5.97 Å². The van der Waals surface area contributed by atoms with Crippen molar-refractivity contribution >= 4 is 23.0 Å². The second-order valence-corrected chi connectivity index (χ2v) is 4.14. The third-order valence-corrected chi connectivity index (χ3v) is 2.64. The number of carboxylic acids is 1. The lowest BCUT2D eigenvalue weighted by molar-refractivity contribution is -0.385. The lowest BCUT2D eigenvalue weighted by atomic mass is 10.1. The first-order valence-corrected chi connectivity index (χ1v) is 5.84. The van der Waals surface area contributed by atoms with Gasteiger partial charge in [0.05, 0.1) is 10.6 Å². The van der Waals surface area contributed by atoms with Crippen molar-refractivity contribution in [1.82, 2.24) is 0 Å². The molecule has 0 heterocycles. The normalized spacial score (nSPS) is 10.7. The van der Waals surface area contributed by atoms with Crippen molar-refractivity contribution in [3.63, 3.8) is 0 Å². The summed E-state index contributed by atoms with van der Waals surface area (Å²) >= 11 is 0. The Balaban J connectivity index is 2.40. The minimum atomic E-state index is -1.43. The predicted molar refractivity (Wildman–Crippen MR) is 74.0 cm³/mol. The Labute approximate surface area is 122 Å². The van der Waals surface area contributed by atoms with Gasteiger partial charge in [0.15, 0.2) is 0 Å². The van der Waals surface area contributed by atoms with Gasteiger partial charge in [-0.3, -0.25) is 10.1 Å². The SMILES string of the molecule is O=C(O)c1ccc(N=Nc2cc(O)ccc2O)cc1[N+](=O)[O-]. The number of phenols is 2. The van der Waals surface area contributed by atoms with Crippen LogP contribution in [-0.2, 0) is 0 Å². The summed E-state index contributed by atoms with van der Waals surface area (Å²) in [5.41, 5.74) is -1.10. The average molecular weight is 303 g/mol. The minimum Gasteiger partial charge on any atom is -0.508 e. The zero-order chi connectivity index (χ0) is 16.3. The Bertz CT molecular complexity index is 787. The van der Waals surface area contributed by atoms with E-state index in [0.29, 0.717) is 0 Å². The number of nitro benzene ring substituents is 1. The average Bonchev–Trinajstić information content (AvgIpc) is 2.47. The van der Waals surface area contributed by atoms with Gasteiger partial charge in [-0.25, -0.2) is 4.79 Å². The molecule has 2 rings (SSSR count). The highest BCUT2D eigenvalue weighted by molar-refractivity contribution is 5.93. The van der Waals surface area contributed by atoms with Gasteiger partial charge in [-0.2, -0.15) is 5.11 Å². The zero-order valence-electron chi connectivity index (χ0n) is 10.9. The molecule has 0 radical (unpaired) electrons. The van der Waals surface area contributed by atoms with E-state index in [1.807, 2.05) is 0 Å². The molecule has 0 aliphatic heterocycles. The van der Waals surface area contributed by atoms with E-state index in [9.17, 15) is 25.1 Å². The molecule has 0 aromatic heterocycles. The number of azo groups is 1. The number of phenolic OH excluding ortho intramolecular Hbond substituents is 2. The van der Waals surface area contributed by atoms with Crippen LogP contribution in [0.5, 0.6) is 11.5 Å². The lowest BCUT2D eigenvalue weighted by Gasteiger charge is -2.00. The molecule has 9 nitrogen and oxygen atoms in total. The number of carbonyl (C=O) groups is 1. The first-order chi connectivity index (χ1) is 10.4. The number of hydrogen-bond acceptors (Lipinski definition) is 7. The van der Waals surface area contributed by atoms with E-state index in [4.69, 9.17) is 5.11 Å². The molecule has 0 saturated heterocycles. The van der Waals surface area contributed by atoms with Gasteiger partial charge in [-0.15, -0.1) is 5.11 Å². The van der Waals surface area contributed by atoms with E-state index in [1.54, 1.807) is 0 Å². The first kappa shape index (κ1) is 14.9. The van der Waals surface area contributed by atoms with Crippen molar-refractivity contribution < 1.29 is 25.0 Å². The maximum Gasteiger partial charge on any atom is 0.342 e. The first-order valence-electron chi connectivity index (χ1n) is 5.84. The van der Waals surface area contributed by atoms with Crippen LogP contribution in [0.2, 0.25) is 0 Å². The molecule has 0 atom stereocenters. The van der Waals surface area contributed by atoms with E-state index < -0.39 is 22.1 Å². The fraction of sp³-hybridized carbons (Fsp3) is 0. The molecule has 22 heavy (non-hydrogen) atoms. The van der Waals surface area contributed by atoms with Crippen LogP contribution in [0.15, 0.2) is 46.6 Å². The van der Waals surface area contributed by atoms with Crippen molar-refractivity contribution in [2.75, 3.05) is 0 Å². The second-order valence-electron chi connectivity index (χ2n) is 4.14. The van der Waals surface area contributed by atoms with Crippen LogP contribution in [-0.4, -0.2) is 26.2 Å². The molecule has 2 aromatic rings. The molecule has 0 amide bonds. The summed E-state index contributed by atoms with van der Waals surface area (Å²) in [6.07, 6.45) is 0. The number of nitro groups is 1. The van der Waals surface area contributed by atoms with Gasteiger partial charge in [0.2, 0.25) is 0 Å². The summed E-state index contributed by atoms with van der Waals surface area (Å²) in [6.45, 7) is 0. The monoisotopic (exact) mass is 303 g/mol. The van der Waals surface area contributed by atoms with Crippen LogP contribution in [0, 0.1) is 10.1 Å². The number of carboxylic acid groups (broad SMARTS) is 1. The standard InChI is InChI=1S/C13H9N3O6/c17-8-2-4-12(18)10(6-8)15-14-7-1-3-9(13(19)20)11(5-7)16(21)22/h1-6,17-18H,(H,19,20). The van der Waals surface area contributed by atoms with E-state index >= 15 is 0 Å². The van der Waals surface area contributed by atoms with E-state index in [-0.39, 0.29) is 22.9 Å². The van der Waals surface area contributed by atoms with Crippen LogP contribution in [0.1, 0.15) is 10.4 Å². The van der Waals surface area contributed by atoms with Crippen LogP contribution >= 0.6 is 0 Å². The Kier molecular flexibility index (Phi) is 3.98. The van der Waals surface area contributed by atoms with Gasteiger partial charge in [-0.05, 0) is 24.3 Å². The van der Waals surface area contributed by atoms with E-state index in [1.165, 1.54) is 18.2 Å². The molecule has 0 spiro atoms. The van der Waals surface area contributed by atoms with Crippen LogP contribution in [0.4, 0.5) is 17.1 Å². The molecule has 9 heteroatoms. The van der Waals surface area contributed by atoms with Crippen molar-refractivity contribution in [2.45, 2.75) is 0 Å². The molecular formula is C13H9N3O6. The third kappa shape index (κ3) is 3.15. The summed E-state index contributed by atoms with van der Waals surface area (Å²) in [7, 11) is 0. The summed E-state index contributed by atoms with van der Waals surface area (Å²) in [5, 5.41) is 45.8. The van der Waals surface area contributed by atoms with Gasteiger partial charge < -0.3 is 15.3 Å². The minimum absolute atomic E-state index is 0.0273. The van der Waals surface area contributed by atoms with Gasteiger partial charge in [0.1, 0.15) is 22.7 Å². The molecule has 0 unspecified atom stereocenters. The van der Waals surface area contributed by atoms with Gasteiger partial charge in [0, 0.05) is 12.1 Å². The third-order valence-electron chi connectivity index (χ3n) is 2.64. The molecule has 0 aliphatic rings. The lowest BCUT2D eigenvalue weighted by Crippen LogP contribution is -2.01. The predicted octanol–water partition coefficient (Wildman–Crippen LogP) is 3.12. The van der Waals surface area contributed by atoms with Crippen molar-refractivity contribution in [3.05, 3.63) is 52.1 Å². The number of aromatic carboxylic acids is 1.